The fraction of sp³-hybridized carbons (Fsp3) is 0.778. The van der Waals surface area contributed by atoms with Crippen molar-refractivity contribution in [3.63, 3.8) is 0 Å². The molecule has 0 saturated heterocycles. The number of hydrogen-bond acceptors (Lipinski definition) is 6. The van der Waals surface area contributed by atoms with E-state index in [9.17, 15) is 9.59 Å². The van der Waals surface area contributed by atoms with E-state index < -0.39 is 0 Å². The number of esters is 2. The quantitative estimate of drug-likeness (QED) is 0.229. The third kappa shape index (κ3) is 17.0. The van der Waals surface area contributed by atoms with E-state index >= 15 is 0 Å². The smallest absolute Gasteiger partial charge is 0.330 e. The van der Waals surface area contributed by atoms with E-state index in [1.807, 2.05) is 0 Å². The number of ether oxygens (including phenoxy) is 4. The Morgan fingerprint density at radius 3 is 1.75 bits per heavy atom. The molecule has 0 rings (SSSR count). The lowest BCUT2D eigenvalue weighted by Crippen LogP contribution is -2.07. The molecule has 0 aliphatic rings. The highest BCUT2D eigenvalue weighted by Crippen LogP contribution is 2.01. The van der Waals surface area contributed by atoms with Gasteiger partial charge < -0.3 is 18.9 Å². The SMILES string of the molecule is C=CC(=O)OCCCOCCCCCCOCCCOC(=O)CC. The lowest BCUT2D eigenvalue weighted by atomic mass is 10.2. The van der Waals surface area contributed by atoms with Crippen molar-refractivity contribution >= 4 is 11.9 Å². The summed E-state index contributed by atoms with van der Waals surface area (Å²) in [6, 6.07) is 0. The fourth-order valence-corrected chi connectivity index (χ4v) is 1.81. The van der Waals surface area contributed by atoms with Crippen molar-refractivity contribution in [1.82, 2.24) is 0 Å². The first-order chi connectivity index (χ1) is 11.7. The largest absolute Gasteiger partial charge is 0.466 e. The molecular formula is C18H32O6. The summed E-state index contributed by atoms with van der Waals surface area (Å²) in [7, 11) is 0. The Bertz CT molecular complexity index is 329. The van der Waals surface area contributed by atoms with Crippen LogP contribution in [0.2, 0.25) is 0 Å². The summed E-state index contributed by atoms with van der Waals surface area (Å²) in [4.78, 5) is 21.7. The number of carbonyl (C=O) groups is 2. The van der Waals surface area contributed by atoms with E-state index in [2.05, 4.69) is 6.58 Å². The zero-order chi connectivity index (χ0) is 17.9. The molecule has 6 heteroatoms. The second-order valence-electron chi connectivity index (χ2n) is 5.29. The second kappa shape index (κ2) is 17.9. The Kier molecular flexibility index (Phi) is 16.9. The van der Waals surface area contributed by atoms with Crippen molar-refractivity contribution in [3.05, 3.63) is 12.7 Å². The molecule has 0 aromatic rings. The van der Waals surface area contributed by atoms with E-state index in [1.54, 1.807) is 6.92 Å². The van der Waals surface area contributed by atoms with Crippen molar-refractivity contribution in [3.8, 4) is 0 Å². The minimum absolute atomic E-state index is 0.157. The zero-order valence-electron chi connectivity index (χ0n) is 14.9. The van der Waals surface area contributed by atoms with Crippen molar-refractivity contribution in [1.29, 1.82) is 0 Å². The Morgan fingerprint density at radius 2 is 1.25 bits per heavy atom. The molecule has 0 bridgehead atoms. The van der Waals surface area contributed by atoms with Crippen LogP contribution in [0.25, 0.3) is 0 Å². The highest BCUT2D eigenvalue weighted by molar-refractivity contribution is 5.81. The molecule has 0 spiro atoms. The molecular weight excluding hydrogens is 312 g/mol. The van der Waals surface area contributed by atoms with E-state index in [0.29, 0.717) is 39.3 Å². The molecule has 0 saturated carbocycles. The molecule has 0 radical (unpaired) electrons. The zero-order valence-corrected chi connectivity index (χ0v) is 14.9. The normalized spacial score (nSPS) is 10.4. The van der Waals surface area contributed by atoms with Gasteiger partial charge in [0, 0.05) is 51.8 Å². The summed E-state index contributed by atoms with van der Waals surface area (Å²) in [5, 5.41) is 0. The molecule has 0 aliphatic carbocycles. The van der Waals surface area contributed by atoms with Crippen LogP contribution in [0.5, 0.6) is 0 Å². The maximum Gasteiger partial charge on any atom is 0.330 e. The number of carbonyl (C=O) groups excluding carboxylic acids is 2. The topological polar surface area (TPSA) is 71.1 Å². The number of unbranched alkanes of at least 4 members (excludes halogenated alkanes) is 3. The molecule has 0 aromatic heterocycles. The lowest BCUT2D eigenvalue weighted by molar-refractivity contribution is -0.143. The van der Waals surface area contributed by atoms with Crippen LogP contribution in [-0.4, -0.2) is 51.6 Å². The molecule has 6 nitrogen and oxygen atoms in total. The Labute approximate surface area is 145 Å². The lowest BCUT2D eigenvalue weighted by Gasteiger charge is -2.06. The predicted molar refractivity (Wildman–Crippen MR) is 91.7 cm³/mol. The van der Waals surface area contributed by atoms with Crippen molar-refractivity contribution in [2.45, 2.75) is 51.9 Å². The van der Waals surface area contributed by atoms with Gasteiger partial charge in [0.05, 0.1) is 13.2 Å². The summed E-state index contributed by atoms with van der Waals surface area (Å²) in [6.07, 6.45) is 7.33. The highest BCUT2D eigenvalue weighted by atomic mass is 16.5. The van der Waals surface area contributed by atoms with E-state index in [4.69, 9.17) is 18.9 Å². The molecule has 140 valence electrons. The molecule has 0 heterocycles. The van der Waals surface area contributed by atoms with Crippen LogP contribution in [-0.2, 0) is 28.5 Å². The molecule has 0 fully saturated rings. The van der Waals surface area contributed by atoms with Crippen LogP contribution in [0.4, 0.5) is 0 Å². The molecule has 0 unspecified atom stereocenters. The highest BCUT2D eigenvalue weighted by Gasteiger charge is 1.98. The monoisotopic (exact) mass is 344 g/mol. The van der Waals surface area contributed by atoms with Crippen LogP contribution in [0.1, 0.15) is 51.9 Å². The minimum Gasteiger partial charge on any atom is -0.466 e. The van der Waals surface area contributed by atoms with Gasteiger partial charge in [-0.15, -0.1) is 0 Å². The number of rotatable bonds is 17. The van der Waals surface area contributed by atoms with Gasteiger partial charge in [0.2, 0.25) is 0 Å². The summed E-state index contributed by atoms with van der Waals surface area (Å²) >= 11 is 0. The Morgan fingerprint density at radius 1 is 0.750 bits per heavy atom. The van der Waals surface area contributed by atoms with Crippen molar-refractivity contribution < 1.29 is 28.5 Å². The summed E-state index contributed by atoms with van der Waals surface area (Å²) in [5.41, 5.74) is 0. The maximum atomic E-state index is 10.9. The molecule has 0 amide bonds. The van der Waals surface area contributed by atoms with Crippen LogP contribution >= 0.6 is 0 Å². The average molecular weight is 344 g/mol. The molecule has 0 aromatic carbocycles. The molecule has 0 aliphatic heterocycles. The van der Waals surface area contributed by atoms with E-state index in [1.165, 1.54) is 0 Å². The standard InChI is InChI=1S/C18H32O6/c1-3-17(19)23-15-9-13-21-11-7-5-6-8-12-22-14-10-16-24-18(20)4-2/h3H,1,4-16H2,2H3. The molecule has 0 atom stereocenters. The van der Waals surface area contributed by atoms with E-state index in [0.717, 1.165) is 51.4 Å². The first-order valence-electron chi connectivity index (χ1n) is 8.81. The van der Waals surface area contributed by atoms with Gasteiger partial charge in [-0.2, -0.15) is 0 Å². The van der Waals surface area contributed by atoms with Gasteiger partial charge in [0.25, 0.3) is 0 Å². The van der Waals surface area contributed by atoms with Gasteiger partial charge >= 0.3 is 11.9 Å². The third-order valence-electron chi connectivity index (χ3n) is 3.16. The van der Waals surface area contributed by atoms with Gasteiger partial charge in [-0.05, 0) is 12.8 Å². The number of hydrogen-bond donors (Lipinski definition) is 0. The van der Waals surface area contributed by atoms with Gasteiger partial charge in [-0.25, -0.2) is 4.79 Å². The first-order valence-corrected chi connectivity index (χ1v) is 8.81. The van der Waals surface area contributed by atoms with E-state index in [-0.39, 0.29) is 11.9 Å². The maximum absolute atomic E-state index is 10.9. The van der Waals surface area contributed by atoms with Gasteiger partial charge in [0.1, 0.15) is 0 Å². The molecule has 0 N–H and O–H groups in total. The van der Waals surface area contributed by atoms with Gasteiger partial charge in [-0.1, -0.05) is 26.3 Å². The Hall–Kier alpha value is -1.40. The van der Waals surface area contributed by atoms with Gasteiger partial charge in [0.15, 0.2) is 0 Å². The minimum atomic E-state index is -0.390. The van der Waals surface area contributed by atoms with Gasteiger partial charge in [-0.3, -0.25) is 4.79 Å². The summed E-state index contributed by atoms with van der Waals surface area (Å²) < 4.78 is 20.7. The Balaban J connectivity index is 3.06. The first kappa shape index (κ1) is 22.6. The van der Waals surface area contributed by atoms with Crippen LogP contribution in [0.15, 0.2) is 12.7 Å². The predicted octanol–water partition coefficient (Wildman–Crippen LogP) is 3.04. The van der Waals surface area contributed by atoms with Crippen LogP contribution in [0, 0.1) is 0 Å². The van der Waals surface area contributed by atoms with Crippen molar-refractivity contribution in [2.75, 3.05) is 39.6 Å². The fourth-order valence-electron chi connectivity index (χ4n) is 1.81. The average Bonchev–Trinajstić information content (AvgIpc) is 2.60. The van der Waals surface area contributed by atoms with Crippen LogP contribution < -0.4 is 0 Å². The van der Waals surface area contributed by atoms with Crippen molar-refractivity contribution in [2.24, 2.45) is 0 Å². The summed E-state index contributed by atoms with van der Waals surface area (Å²) in [5.74, 6) is -0.547. The molecule has 24 heavy (non-hydrogen) atoms. The summed E-state index contributed by atoms with van der Waals surface area (Å²) in [6.45, 7) is 8.65. The van der Waals surface area contributed by atoms with Crippen LogP contribution in [0.3, 0.4) is 0 Å². The third-order valence-corrected chi connectivity index (χ3v) is 3.16. The second-order valence-corrected chi connectivity index (χ2v) is 5.29.